The van der Waals surface area contributed by atoms with Crippen molar-refractivity contribution in [1.82, 2.24) is 9.88 Å². The number of hydrogen-bond acceptors (Lipinski definition) is 5. The number of rotatable bonds is 7. The summed E-state index contributed by atoms with van der Waals surface area (Å²) in [7, 11) is 0. The van der Waals surface area contributed by atoms with Crippen LogP contribution in [0.4, 0.5) is 11.4 Å². The molecule has 0 unspecified atom stereocenters. The molecular formula is C33H24Cl2N4O5. The Kier molecular flexibility index (Phi) is 7.59. The van der Waals surface area contributed by atoms with Gasteiger partial charge >= 0.3 is 5.97 Å². The molecule has 1 aliphatic rings. The maximum Gasteiger partial charge on any atom is 0.326 e. The standard InChI is InChI=1S/C33H24Cl2N4O5/c34-24-5-3-6-25(35)30(24)39-27-7-2-1-4-20(27)15-28(39)31(41)37-26(33(43)44)14-18-8-12-22(13-9-18)38-29(40)16-19-10-11-21(36)17-23(19)32(38)42/h1-13,15,17,26H,14,16,36H2,(H,37,41)(H,43,44)/t26-/m0/s1. The summed E-state index contributed by atoms with van der Waals surface area (Å²) in [5, 5.41) is 14.0. The summed E-state index contributed by atoms with van der Waals surface area (Å²) in [6, 6.07) is 23.9. The molecule has 1 atom stereocenters. The van der Waals surface area contributed by atoms with Gasteiger partial charge in [-0.3, -0.25) is 14.4 Å². The van der Waals surface area contributed by atoms with Crippen molar-refractivity contribution in [1.29, 1.82) is 0 Å². The van der Waals surface area contributed by atoms with Crippen LogP contribution in [-0.4, -0.2) is 39.4 Å². The fourth-order valence-electron chi connectivity index (χ4n) is 5.40. The Hall–Kier alpha value is -5.12. The van der Waals surface area contributed by atoms with E-state index in [4.69, 9.17) is 28.9 Å². The second-order valence-corrected chi connectivity index (χ2v) is 11.2. The van der Waals surface area contributed by atoms with Crippen LogP contribution in [-0.2, 0) is 22.4 Å². The van der Waals surface area contributed by atoms with Crippen LogP contribution in [0.25, 0.3) is 16.6 Å². The van der Waals surface area contributed by atoms with E-state index in [9.17, 15) is 24.3 Å². The zero-order valence-corrected chi connectivity index (χ0v) is 24.5. The molecule has 0 saturated heterocycles. The monoisotopic (exact) mass is 626 g/mol. The molecular weight excluding hydrogens is 603 g/mol. The maximum atomic E-state index is 13.6. The number of aromatic nitrogens is 1. The van der Waals surface area contributed by atoms with E-state index < -0.39 is 23.8 Å². The Morgan fingerprint density at radius 3 is 2.32 bits per heavy atom. The van der Waals surface area contributed by atoms with Crippen molar-refractivity contribution in [2.75, 3.05) is 10.6 Å². The third-order valence-electron chi connectivity index (χ3n) is 7.50. The fraction of sp³-hybridized carbons (Fsp3) is 0.0909. The smallest absolute Gasteiger partial charge is 0.326 e. The van der Waals surface area contributed by atoms with Gasteiger partial charge in [0.1, 0.15) is 11.7 Å². The van der Waals surface area contributed by atoms with Crippen molar-refractivity contribution < 1.29 is 24.3 Å². The number of carboxylic acid groups (broad SMARTS) is 1. The van der Waals surface area contributed by atoms with Gasteiger partial charge in [-0.2, -0.15) is 0 Å². The lowest BCUT2D eigenvalue weighted by atomic mass is 9.97. The van der Waals surface area contributed by atoms with Gasteiger partial charge in [0.15, 0.2) is 0 Å². The van der Waals surface area contributed by atoms with Crippen LogP contribution in [0.2, 0.25) is 10.0 Å². The first kappa shape index (κ1) is 29.0. The number of hydrogen-bond donors (Lipinski definition) is 3. The van der Waals surface area contributed by atoms with Crippen LogP contribution in [0.15, 0.2) is 91.0 Å². The minimum atomic E-state index is -1.30. The number of halogens is 2. The Morgan fingerprint density at radius 2 is 1.61 bits per heavy atom. The van der Waals surface area contributed by atoms with Crippen LogP contribution in [0.5, 0.6) is 0 Å². The molecule has 4 N–H and O–H groups in total. The number of imide groups is 1. The number of aliphatic carboxylic acids is 1. The highest BCUT2D eigenvalue weighted by atomic mass is 35.5. The van der Waals surface area contributed by atoms with Crippen molar-refractivity contribution in [2.45, 2.75) is 18.9 Å². The Labute approximate surface area is 261 Å². The van der Waals surface area contributed by atoms with E-state index in [-0.39, 0.29) is 24.4 Å². The molecule has 0 spiro atoms. The van der Waals surface area contributed by atoms with E-state index in [2.05, 4.69) is 5.32 Å². The summed E-state index contributed by atoms with van der Waals surface area (Å²) in [4.78, 5) is 52.9. The Bertz CT molecular complexity index is 1970. The molecule has 0 bridgehead atoms. The van der Waals surface area contributed by atoms with Gasteiger partial charge < -0.3 is 20.7 Å². The first-order valence-electron chi connectivity index (χ1n) is 13.6. The summed E-state index contributed by atoms with van der Waals surface area (Å²) in [5.41, 5.74) is 9.37. The fourth-order valence-corrected chi connectivity index (χ4v) is 5.97. The van der Waals surface area contributed by atoms with Gasteiger partial charge in [-0.15, -0.1) is 0 Å². The number of benzene rings is 4. The summed E-state index contributed by atoms with van der Waals surface area (Å²) < 4.78 is 1.61. The number of amides is 3. The van der Waals surface area contributed by atoms with Crippen molar-refractivity contribution in [2.24, 2.45) is 0 Å². The first-order chi connectivity index (χ1) is 21.1. The number of anilines is 2. The predicted octanol–water partition coefficient (Wildman–Crippen LogP) is 5.67. The molecule has 1 aromatic heterocycles. The Morgan fingerprint density at radius 1 is 0.909 bits per heavy atom. The molecule has 2 heterocycles. The molecule has 4 aromatic carbocycles. The first-order valence-corrected chi connectivity index (χ1v) is 14.3. The normalized spacial score (nSPS) is 13.5. The van der Waals surface area contributed by atoms with E-state index >= 15 is 0 Å². The maximum absolute atomic E-state index is 13.6. The second kappa shape index (κ2) is 11.5. The highest BCUT2D eigenvalue weighted by Crippen LogP contribution is 2.34. The number of carbonyl (C=O) groups excluding carboxylic acids is 3. The number of carboxylic acids is 1. The van der Waals surface area contributed by atoms with Crippen LogP contribution in [0.1, 0.15) is 32.0 Å². The minimum absolute atomic E-state index is 0.0480. The van der Waals surface area contributed by atoms with Crippen LogP contribution >= 0.6 is 23.2 Å². The number of nitrogens with two attached hydrogens (primary N) is 1. The molecule has 0 aliphatic carbocycles. The van der Waals surface area contributed by atoms with Gasteiger partial charge in [0.25, 0.3) is 11.8 Å². The molecule has 0 radical (unpaired) electrons. The van der Waals surface area contributed by atoms with Gasteiger partial charge in [0.2, 0.25) is 5.91 Å². The molecule has 5 aromatic rings. The molecule has 3 amide bonds. The summed E-state index contributed by atoms with van der Waals surface area (Å²) in [5.74, 6) is -2.74. The number of carbonyl (C=O) groups is 4. The van der Waals surface area contributed by atoms with Crippen molar-refractivity contribution in [3.8, 4) is 5.69 Å². The number of nitrogen functional groups attached to an aromatic ring is 1. The quantitative estimate of drug-likeness (QED) is 0.157. The zero-order chi connectivity index (χ0) is 31.1. The highest BCUT2D eigenvalue weighted by molar-refractivity contribution is 6.38. The van der Waals surface area contributed by atoms with Crippen molar-refractivity contribution >= 4 is 69.2 Å². The van der Waals surface area contributed by atoms with Gasteiger partial charge in [0.05, 0.1) is 33.4 Å². The second-order valence-electron chi connectivity index (χ2n) is 10.4. The molecule has 220 valence electrons. The van der Waals surface area contributed by atoms with Crippen LogP contribution in [0, 0.1) is 0 Å². The average molecular weight is 627 g/mol. The third kappa shape index (κ3) is 5.27. The number of nitrogens with zero attached hydrogens (tertiary/aromatic N) is 2. The molecule has 6 rings (SSSR count). The van der Waals surface area contributed by atoms with E-state index in [1.807, 2.05) is 24.3 Å². The summed E-state index contributed by atoms with van der Waals surface area (Å²) in [6.45, 7) is 0. The highest BCUT2D eigenvalue weighted by Gasteiger charge is 2.32. The van der Waals surface area contributed by atoms with Gasteiger partial charge in [0, 0.05) is 23.1 Å². The lowest BCUT2D eigenvalue weighted by molar-refractivity contribution is -0.139. The minimum Gasteiger partial charge on any atom is -0.480 e. The molecule has 11 heteroatoms. The third-order valence-corrected chi connectivity index (χ3v) is 8.11. The SMILES string of the molecule is Nc1ccc2c(c1)C(=O)N(c1ccc(C[C@H](NC(=O)c3cc4ccccc4n3-c3c(Cl)cccc3Cl)C(=O)O)cc1)C(=O)C2. The number of nitrogens with one attached hydrogen (secondary N) is 1. The topological polar surface area (TPSA) is 135 Å². The Balaban J connectivity index is 1.26. The zero-order valence-electron chi connectivity index (χ0n) is 23.0. The predicted molar refractivity (Wildman–Crippen MR) is 169 cm³/mol. The molecule has 1 aliphatic heterocycles. The van der Waals surface area contributed by atoms with Gasteiger partial charge in [-0.05, 0) is 59.7 Å². The summed E-state index contributed by atoms with van der Waals surface area (Å²) in [6.07, 6.45) is -0.0118. The lowest BCUT2D eigenvalue weighted by Gasteiger charge is -2.27. The molecule has 44 heavy (non-hydrogen) atoms. The van der Waals surface area contributed by atoms with Gasteiger partial charge in [-0.25, -0.2) is 9.69 Å². The molecule has 9 nitrogen and oxygen atoms in total. The summed E-state index contributed by atoms with van der Waals surface area (Å²) >= 11 is 13.0. The van der Waals surface area contributed by atoms with E-state index in [1.165, 1.54) is 0 Å². The molecule has 0 fully saturated rings. The number of para-hydroxylation sites is 2. The van der Waals surface area contributed by atoms with E-state index in [1.54, 1.807) is 71.3 Å². The van der Waals surface area contributed by atoms with Crippen LogP contribution in [0.3, 0.4) is 0 Å². The molecule has 0 saturated carbocycles. The van der Waals surface area contributed by atoms with Crippen molar-refractivity contribution in [3.63, 3.8) is 0 Å². The number of fused-ring (bicyclic) bond motifs is 2. The van der Waals surface area contributed by atoms with Crippen molar-refractivity contribution in [3.05, 3.63) is 123 Å². The largest absolute Gasteiger partial charge is 0.480 e. The lowest BCUT2D eigenvalue weighted by Crippen LogP contribution is -2.43. The van der Waals surface area contributed by atoms with E-state index in [0.29, 0.717) is 49.3 Å². The average Bonchev–Trinajstić information content (AvgIpc) is 3.37. The van der Waals surface area contributed by atoms with Gasteiger partial charge in [-0.1, -0.05) is 65.7 Å². The van der Waals surface area contributed by atoms with E-state index in [0.717, 1.165) is 10.3 Å². The van der Waals surface area contributed by atoms with Crippen LogP contribution < -0.4 is 16.0 Å².